The summed E-state index contributed by atoms with van der Waals surface area (Å²) in [5.74, 6) is 0.730. The molecule has 0 aromatic carbocycles. The van der Waals surface area contributed by atoms with Crippen LogP contribution in [0, 0.1) is 0 Å². The molecular formula is C32H52N10O6. The maximum Gasteiger partial charge on any atom is 0.416 e. The van der Waals surface area contributed by atoms with Crippen LogP contribution in [0.25, 0.3) is 0 Å². The van der Waals surface area contributed by atoms with Crippen LogP contribution >= 0.6 is 0 Å². The molecule has 0 radical (unpaired) electrons. The smallest absolute Gasteiger partial charge is 0.416 e. The van der Waals surface area contributed by atoms with Crippen LogP contribution in [0.3, 0.4) is 0 Å². The van der Waals surface area contributed by atoms with Crippen LogP contribution in [-0.4, -0.2) is 84.7 Å². The summed E-state index contributed by atoms with van der Waals surface area (Å²) >= 11 is 0. The van der Waals surface area contributed by atoms with Gasteiger partial charge in [-0.3, -0.25) is 9.80 Å². The molecule has 0 aliphatic carbocycles. The van der Waals surface area contributed by atoms with E-state index >= 15 is 0 Å². The van der Waals surface area contributed by atoms with Crippen molar-refractivity contribution < 1.29 is 28.7 Å². The van der Waals surface area contributed by atoms with Crippen molar-refractivity contribution in [1.29, 1.82) is 0 Å². The third-order valence-electron chi connectivity index (χ3n) is 6.24. The summed E-state index contributed by atoms with van der Waals surface area (Å²) in [6, 6.07) is 5.81. The van der Waals surface area contributed by atoms with Crippen LogP contribution in [0.2, 0.25) is 0 Å². The van der Waals surface area contributed by atoms with Crippen molar-refractivity contribution in [1.82, 2.24) is 31.2 Å². The second-order valence-electron chi connectivity index (χ2n) is 12.9. The van der Waals surface area contributed by atoms with Gasteiger partial charge in [0.05, 0.1) is 23.8 Å². The predicted octanol–water partition coefficient (Wildman–Crippen LogP) is 3.98. The van der Waals surface area contributed by atoms with E-state index in [2.05, 4.69) is 31.2 Å². The Kier molecular flexibility index (Phi) is 15.5. The van der Waals surface area contributed by atoms with E-state index in [1.165, 1.54) is 22.2 Å². The number of rotatable bonds is 15. The Balaban J connectivity index is 1.61. The number of nitrogens with one attached hydrogen (secondary N) is 4. The van der Waals surface area contributed by atoms with Crippen molar-refractivity contribution in [2.75, 3.05) is 60.5 Å². The lowest BCUT2D eigenvalue weighted by Crippen LogP contribution is -2.44. The lowest BCUT2D eigenvalue weighted by atomic mass is 10.2. The molecule has 0 fully saturated rings. The number of ether oxygens (including phenoxy) is 2. The van der Waals surface area contributed by atoms with Crippen molar-refractivity contribution in [3.63, 3.8) is 0 Å². The Bertz CT molecular complexity index is 1210. The molecule has 2 aromatic heterocycles. The maximum atomic E-state index is 12.7. The molecule has 16 nitrogen and oxygen atoms in total. The number of urea groups is 2. The molecule has 0 aliphatic rings. The monoisotopic (exact) mass is 672 g/mol. The molecule has 2 heterocycles. The van der Waals surface area contributed by atoms with Crippen LogP contribution in [0.4, 0.5) is 42.2 Å². The van der Waals surface area contributed by atoms with Crippen molar-refractivity contribution in [2.24, 2.45) is 0 Å². The number of carbonyl (C=O) groups excluding carboxylic acids is 4. The van der Waals surface area contributed by atoms with Crippen molar-refractivity contribution >= 4 is 47.3 Å². The highest BCUT2D eigenvalue weighted by Gasteiger charge is 2.25. The highest BCUT2D eigenvalue weighted by Crippen LogP contribution is 2.18. The molecule has 0 spiro atoms. The molecule has 48 heavy (non-hydrogen) atoms. The van der Waals surface area contributed by atoms with E-state index in [1.807, 2.05) is 0 Å². The van der Waals surface area contributed by atoms with Crippen LogP contribution in [-0.2, 0) is 9.47 Å². The Morgan fingerprint density at radius 2 is 0.958 bits per heavy atom. The SMILES string of the molecule is CC(C)(C)OC(=O)N(CCNC(=O)NCCCCCCNC(=O)NCCN(C(=O)OC(C)(C)C)c1ccc(N)cn1)c1ccc(N)cn1. The summed E-state index contributed by atoms with van der Waals surface area (Å²) in [6.07, 6.45) is 4.98. The maximum absolute atomic E-state index is 12.7. The number of hydrogen-bond acceptors (Lipinski definition) is 10. The third-order valence-corrected chi connectivity index (χ3v) is 6.24. The zero-order valence-electron chi connectivity index (χ0n) is 28.9. The van der Waals surface area contributed by atoms with Gasteiger partial charge >= 0.3 is 24.2 Å². The molecule has 2 rings (SSSR count). The highest BCUT2D eigenvalue weighted by molar-refractivity contribution is 5.87. The van der Waals surface area contributed by atoms with E-state index in [0.29, 0.717) is 36.1 Å². The first kappa shape index (κ1) is 39.2. The molecule has 0 saturated carbocycles. The van der Waals surface area contributed by atoms with E-state index in [-0.39, 0.29) is 38.2 Å². The van der Waals surface area contributed by atoms with E-state index in [0.717, 1.165) is 25.7 Å². The van der Waals surface area contributed by atoms with Gasteiger partial charge in [-0.25, -0.2) is 29.1 Å². The minimum absolute atomic E-state index is 0.154. The second-order valence-corrected chi connectivity index (χ2v) is 12.9. The molecule has 0 bridgehead atoms. The van der Waals surface area contributed by atoms with Crippen LogP contribution in [0.1, 0.15) is 67.2 Å². The minimum Gasteiger partial charge on any atom is -0.443 e. The number of nitrogens with two attached hydrogens (primary N) is 2. The Morgan fingerprint density at radius 1 is 0.604 bits per heavy atom. The summed E-state index contributed by atoms with van der Waals surface area (Å²) in [7, 11) is 0. The largest absolute Gasteiger partial charge is 0.443 e. The molecule has 16 heteroatoms. The van der Waals surface area contributed by atoms with Gasteiger partial charge in [-0.2, -0.15) is 0 Å². The Morgan fingerprint density at radius 3 is 1.27 bits per heavy atom. The number of amides is 6. The molecular weight excluding hydrogens is 620 g/mol. The van der Waals surface area contributed by atoms with Gasteiger partial charge in [0.1, 0.15) is 22.8 Å². The molecule has 6 amide bonds. The number of nitrogen functional groups attached to an aromatic ring is 2. The van der Waals surface area contributed by atoms with Crippen LogP contribution < -0.4 is 42.5 Å². The van der Waals surface area contributed by atoms with Crippen molar-refractivity contribution in [3.8, 4) is 0 Å². The highest BCUT2D eigenvalue weighted by atomic mass is 16.6. The summed E-state index contributed by atoms with van der Waals surface area (Å²) in [4.78, 5) is 61.0. The quantitative estimate of drug-likeness (QED) is 0.149. The number of pyridine rings is 2. The van der Waals surface area contributed by atoms with Gasteiger partial charge in [-0.1, -0.05) is 12.8 Å². The average Bonchev–Trinajstić information content (AvgIpc) is 2.98. The summed E-state index contributed by atoms with van der Waals surface area (Å²) in [5.41, 5.74) is 11.0. The van der Waals surface area contributed by atoms with E-state index < -0.39 is 23.4 Å². The third kappa shape index (κ3) is 16.0. The number of anilines is 4. The van der Waals surface area contributed by atoms with Gasteiger partial charge in [0.2, 0.25) is 0 Å². The van der Waals surface area contributed by atoms with Gasteiger partial charge in [-0.15, -0.1) is 0 Å². The van der Waals surface area contributed by atoms with Gasteiger partial charge in [0.15, 0.2) is 0 Å². The minimum atomic E-state index is -0.694. The fourth-order valence-corrected chi connectivity index (χ4v) is 4.04. The van der Waals surface area contributed by atoms with Gasteiger partial charge in [0.25, 0.3) is 0 Å². The lowest BCUT2D eigenvalue weighted by Gasteiger charge is -2.27. The molecule has 266 valence electrons. The molecule has 2 aromatic rings. The topological polar surface area (TPSA) is 219 Å². The second kappa shape index (κ2) is 19.0. The molecule has 0 saturated heterocycles. The lowest BCUT2D eigenvalue weighted by molar-refractivity contribution is 0.0568. The predicted molar refractivity (Wildman–Crippen MR) is 186 cm³/mol. The van der Waals surface area contributed by atoms with Crippen molar-refractivity contribution in [2.45, 2.75) is 78.4 Å². The summed E-state index contributed by atoms with van der Waals surface area (Å²) < 4.78 is 11.0. The van der Waals surface area contributed by atoms with E-state index in [9.17, 15) is 19.2 Å². The normalized spacial score (nSPS) is 11.2. The number of nitrogens with zero attached hydrogens (tertiary/aromatic N) is 4. The van der Waals surface area contributed by atoms with E-state index in [4.69, 9.17) is 20.9 Å². The molecule has 0 aliphatic heterocycles. The molecule has 0 atom stereocenters. The number of unbranched alkanes of at least 4 members (excludes halogenated alkanes) is 3. The van der Waals surface area contributed by atoms with Crippen LogP contribution in [0.5, 0.6) is 0 Å². The summed E-state index contributed by atoms with van der Waals surface area (Å²) in [5, 5.41) is 11.1. The fourth-order valence-electron chi connectivity index (χ4n) is 4.04. The average molecular weight is 673 g/mol. The first-order chi connectivity index (χ1) is 22.5. The first-order valence-corrected chi connectivity index (χ1v) is 16.0. The Hall–Kier alpha value is -5.02. The van der Waals surface area contributed by atoms with E-state index in [1.54, 1.807) is 65.8 Å². The summed E-state index contributed by atoms with van der Waals surface area (Å²) in [6.45, 7) is 12.3. The Labute approximate surface area is 282 Å². The van der Waals surface area contributed by atoms with Crippen molar-refractivity contribution in [3.05, 3.63) is 36.7 Å². The zero-order chi connectivity index (χ0) is 35.7. The fraction of sp³-hybridized carbons (Fsp3) is 0.562. The van der Waals surface area contributed by atoms with Gasteiger partial charge in [0, 0.05) is 39.3 Å². The van der Waals surface area contributed by atoms with Gasteiger partial charge in [-0.05, 0) is 78.6 Å². The zero-order valence-corrected chi connectivity index (χ0v) is 28.9. The first-order valence-electron chi connectivity index (χ1n) is 16.0. The van der Waals surface area contributed by atoms with Gasteiger partial charge < -0.3 is 42.2 Å². The molecule has 0 unspecified atom stereocenters. The number of carbonyl (C=O) groups is 4. The standard InChI is InChI=1S/C32H52N10O6/c1-31(2,3)47-29(45)41(25-13-11-23(33)21-39-25)19-17-37-27(43)35-15-9-7-8-10-16-36-28(44)38-18-20-42(30(46)48-32(4,5)6)26-14-12-24(34)22-40-26/h11-14,21-22H,7-10,15-20,33-34H2,1-6H3,(H2,35,37,43)(H2,36,38,44). The number of aromatic nitrogens is 2. The number of hydrogen-bond donors (Lipinski definition) is 6. The van der Waals surface area contributed by atoms with Crippen LogP contribution in [0.15, 0.2) is 36.7 Å². The molecule has 8 N–H and O–H groups in total.